The Bertz CT molecular complexity index is 1690. The van der Waals surface area contributed by atoms with Gasteiger partial charge in [0.15, 0.2) is 5.78 Å². The SMILES string of the molecule is CCC(CC)C(=O)/C=C(\O)C(CC)CC.Cc1ccc2c(C(C)C)c3c([c-]c2c1)-c1nccc2cc[c]([Ge]([CH3])([CH3])[CH3])c(c12)O3.[Ir]. The fourth-order valence-electron chi connectivity index (χ4n) is 6.30. The molecule has 0 spiro atoms. The molecule has 0 saturated heterocycles. The number of ketones is 1. The second-order valence-electron chi connectivity index (χ2n) is 13.5. The zero-order chi connectivity index (χ0) is 32.3. The molecule has 0 aliphatic carbocycles. The van der Waals surface area contributed by atoms with Crippen molar-refractivity contribution in [1.82, 2.24) is 4.98 Å². The number of hydrogen-bond acceptors (Lipinski definition) is 4. The smallest absolute Gasteiger partial charge is 0 e. The molecule has 0 atom stereocenters. The van der Waals surface area contributed by atoms with Crippen molar-refractivity contribution in [3.8, 4) is 22.8 Å². The molecule has 0 unspecified atom stereocenters. The summed E-state index contributed by atoms with van der Waals surface area (Å²) >= 11 is -2.14. The molecule has 1 aliphatic rings. The third kappa shape index (κ3) is 7.75. The van der Waals surface area contributed by atoms with Crippen molar-refractivity contribution in [1.29, 1.82) is 0 Å². The summed E-state index contributed by atoms with van der Waals surface area (Å²) in [6, 6.07) is 16.9. The number of nitrogens with zero attached hydrogens (tertiary/aromatic N) is 1. The minimum Gasteiger partial charge on any atom is 0 e. The molecule has 1 aromatic heterocycles. The van der Waals surface area contributed by atoms with Crippen LogP contribution in [0.3, 0.4) is 0 Å². The maximum Gasteiger partial charge on any atom is 0 e. The van der Waals surface area contributed by atoms with Crippen molar-refractivity contribution < 1.29 is 34.7 Å². The van der Waals surface area contributed by atoms with Gasteiger partial charge in [-0.1, -0.05) is 27.7 Å². The first-order chi connectivity index (χ1) is 20.9. The largest absolute Gasteiger partial charge is 0 e. The number of rotatable bonds is 9. The third-order valence-corrected chi connectivity index (χ3v) is 13.2. The molecule has 0 fully saturated rings. The minimum absolute atomic E-state index is 0. The molecular weight excluding hydrogens is 795 g/mol. The maximum atomic E-state index is 11.7. The molecule has 5 rings (SSSR count). The zero-order valence-electron chi connectivity index (χ0n) is 28.7. The topological polar surface area (TPSA) is 59.4 Å². The van der Waals surface area contributed by atoms with Crippen LogP contribution in [0.25, 0.3) is 32.8 Å². The van der Waals surface area contributed by atoms with E-state index >= 15 is 0 Å². The number of aliphatic hydroxyl groups excluding tert-OH is 1. The summed E-state index contributed by atoms with van der Waals surface area (Å²) in [5, 5.41) is 14.5. The van der Waals surface area contributed by atoms with Crippen LogP contribution in [0.2, 0.25) is 17.3 Å². The van der Waals surface area contributed by atoms with Crippen LogP contribution in [0, 0.1) is 24.8 Å². The molecule has 3 aromatic carbocycles. The first-order valence-electron chi connectivity index (χ1n) is 16.4. The molecular formula is C39H50GeIrNO3-. The predicted molar refractivity (Wildman–Crippen MR) is 189 cm³/mol. The van der Waals surface area contributed by atoms with E-state index in [0.717, 1.165) is 59.2 Å². The summed E-state index contributed by atoms with van der Waals surface area (Å²) in [6.45, 7) is 14.7. The predicted octanol–water partition coefficient (Wildman–Crippen LogP) is 10.8. The van der Waals surface area contributed by atoms with Gasteiger partial charge < -0.3 is 5.11 Å². The van der Waals surface area contributed by atoms with E-state index in [-0.39, 0.29) is 43.5 Å². The van der Waals surface area contributed by atoms with Gasteiger partial charge in [0.2, 0.25) is 0 Å². The average Bonchev–Trinajstić information content (AvgIpc) is 2.97. The first-order valence-corrected chi connectivity index (χ1v) is 23.7. The van der Waals surface area contributed by atoms with Crippen molar-refractivity contribution in [3.05, 3.63) is 71.6 Å². The number of allylic oxidation sites excluding steroid dienone is 2. The van der Waals surface area contributed by atoms with E-state index in [2.05, 4.69) is 80.5 Å². The number of pyridine rings is 1. The van der Waals surface area contributed by atoms with Crippen LogP contribution in [0.5, 0.6) is 11.5 Å². The molecule has 45 heavy (non-hydrogen) atoms. The van der Waals surface area contributed by atoms with Gasteiger partial charge in [0.25, 0.3) is 0 Å². The summed E-state index contributed by atoms with van der Waals surface area (Å²) in [4.78, 5) is 16.6. The van der Waals surface area contributed by atoms with Gasteiger partial charge in [-0.25, -0.2) is 0 Å². The molecule has 243 valence electrons. The number of aliphatic hydroxyl groups is 1. The van der Waals surface area contributed by atoms with Crippen molar-refractivity contribution in [2.75, 3.05) is 0 Å². The quantitative estimate of drug-likeness (QED) is 0.0695. The summed E-state index contributed by atoms with van der Waals surface area (Å²) in [7, 11) is 0. The van der Waals surface area contributed by atoms with E-state index in [1.807, 2.05) is 33.9 Å². The van der Waals surface area contributed by atoms with E-state index in [4.69, 9.17) is 9.72 Å². The molecule has 1 aliphatic heterocycles. The molecule has 1 radical (unpaired) electrons. The fourth-order valence-corrected chi connectivity index (χ4v) is 9.32. The Morgan fingerprint density at radius 2 is 1.60 bits per heavy atom. The van der Waals surface area contributed by atoms with Crippen LogP contribution in [0.15, 0.2) is 54.4 Å². The number of aromatic nitrogens is 1. The van der Waals surface area contributed by atoms with Gasteiger partial charge in [-0.2, -0.15) is 0 Å². The van der Waals surface area contributed by atoms with Crippen molar-refractivity contribution in [2.45, 2.75) is 97.3 Å². The number of ether oxygens (including phenoxy) is 1. The van der Waals surface area contributed by atoms with Crippen LogP contribution >= 0.6 is 0 Å². The van der Waals surface area contributed by atoms with Gasteiger partial charge in [-0.3, -0.25) is 4.79 Å². The van der Waals surface area contributed by atoms with Gasteiger partial charge in [0.05, 0.1) is 5.76 Å². The average molecular weight is 846 g/mol. The van der Waals surface area contributed by atoms with Gasteiger partial charge in [-0.15, -0.1) is 0 Å². The maximum absolute atomic E-state index is 11.7. The summed E-state index contributed by atoms with van der Waals surface area (Å²) in [6.07, 6.45) is 6.82. The monoisotopic (exact) mass is 847 g/mol. The first kappa shape index (κ1) is 37.0. The van der Waals surface area contributed by atoms with Crippen LogP contribution in [-0.2, 0) is 24.9 Å². The molecule has 6 heteroatoms. The van der Waals surface area contributed by atoms with Crippen LogP contribution in [0.1, 0.15) is 84.3 Å². The Labute approximate surface area is 286 Å². The molecule has 4 nitrogen and oxygen atoms in total. The Hall–Kier alpha value is -2.47. The van der Waals surface area contributed by atoms with Crippen LogP contribution in [0.4, 0.5) is 0 Å². The number of aryl methyl sites for hydroxylation is 1. The zero-order valence-corrected chi connectivity index (χ0v) is 33.2. The minimum atomic E-state index is -2.14. The number of carbonyl (C=O) groups is 1. The second-order valence-corrected chi connectivity index (χ2v) is 24.1. The number of fused-ring (bicyclic) bond motifs is 3. The van der Waals surface area contributed by atoms with E-state index in [9.17, 15) is 9.90 Å². The van der Waals surface area contributed by atoms with Crippen molar-refractivity contribution in [2.24, 2.45) is 11.8 Å². The molecule has 0 amide bonds. The summed E-state index contributed by atoms with van der Waals surface area (Å²) in [5.41, 5.74) is 4.52. The Kier molecular flexibility index (Phi) is 12.7. The van der Waals surface area contributed by atoms with Gasteiger partial charge in [-0.05, 0) is 25.7 Å². The van der Waals surface area contributed by atoms with E-state index in [1.54, 1.807) is 0 Å². The van der Waals surface area contributed by atoms with Crippen LogP contribution < -0.4 is 9.13 Å². The molecule has 0 bridgehead atoms. The van der Waals surface area contributed by atoms with Gasteiger partial charge in [0, 0.05) is 38.0 Å². The van der Waals surface area contributed by atoms with E-state index in [1.165, 1.54) is 32.4 Å². The standard InChI is InChI=1S/C26H26GeNO.C13H24O2.Ir/c1-15(2)22-19-9-7-16(3)13-18(19)14-20-24-23-17(11-12-28-24)8-10-21(27(4,5)6)26(23)29-25(20)22;1-5-10(6-2)12(14)9-13(15)11(7-3)8-4;/h7-13,15H,1-6H3;9-11,14H,5-8H2,1-4H3;/q-1;;/b;12-9-;. The fraction of sp³-hybridized carbons (Fsp3) is 0.436. The van der Waals surface area contributed by atoms with E-state index < -0.39 is 13.3 Å². The Morgan fingerprint density at radius 3 is 2.18 bits per heavy atom. The second kappa shape index (κ2) is 15.4. The summed E-state index contributed by atoms with van der Waals surface area (Å²) in [5.74, 6) is 10.1. The van der Waals surface area contributed by atoms with Gasteiger partial charge >= 0.3 is 175 Å². The van der Waals surface area contributed by atoms with Crippen LogP contribution in [-0.4, -0.2) is 29.1 Å². The Morgan fingerprint density at radius 1 is 0.956 bits per heavy atom. The van der Waals surface area contributed by atoms with Gasteiger partial charge in [0.1, 0.15) is 0 Å². The molecule has 2 heterocycles. The normalized spacial score (nSPS) is 12.6. The number of hydrogen-bond donors (Lipinski definition) is 1. The number of carbonyl (C=O) groups excluding carboxylic acids is 1. The van der Waals surface area contributed by atoms with Crippen molar-refractivity contribution >= 4 is 45.0 Å². The molecule has 1 N–H and O–H groups in total. The summed E-state index contributed by atoms with van der Waals surface area (Å²) < 4.78 is 8.21. The molecule has 0 saturated carbocycles. The Balaban J connectivity index is 0.000000297. The molecule has 4 aromatic rings. The third-order valence-electron chi connectivity index (χ3n) is 8.99. The van der Waals surface area contributed by atoms with E-state index in [0.29, 0.717) is 5.92 Å². The number of benzene rings is 3. The van der Waals surface area contributed by atoms with Crippen molar-refractivity contribution in [3.63, 3.8) is 0 Å².